The first-order chi connectivity index (χ1) is 9.61. The Morgan fingerprint density at radius 3 is 2.20 bits per heavy atom. The molecule has 0 aromatic rings. The lowest BCUT2D eigenvalue weighted by Crippen LogP contribution is -2.48. The van der Waals surface area contributed by atoms with Crippen molar-refractivity contribution < 1.29 is 14.7 Å². The molecule has 1 aliphatic carbocycles. The smallest absolute Gasteiger partial charge is 0.303 e. The number of aliphatic carboxylic acids is 1. The second-order valence-corrected chi connectivity index (χ2v) is 6.00. The molecule has 2 rings (SSSR count). The molecule has 0 spiro atoms. The number of amides is 1. The highest BCUT2D eigenvalue weighted by atomic mass is 16.4. The van der Waals surface area contributed by atoms with Crippen LogP contribution < -0.4 is 0 Å². The molecule has 0 radical (unpaired) electrons. The Morgan fingerprint density at radius 1 is 1.10 bits per heavy atom. The zero-order chi connectivity index (χ0) is 14.5. The van der Waals surface area contributed by atoms with Crippen molar-refractivity contribution in [2.24, 2.45) is 0 Å². The summed E-state index contributed by atoms with van der Waals surface area (Å²) in [6.45, 7) is 5.46. The van der Waals surface area contributed by atoms with E-state index in [-0.39, 0.29) is 18.7 Å². The molecule has 1 heterocycles. The third-order valence-corrected chi connectivity index (χ3v) is 4.27. The van der Waals surface area contributed by atoms with E-state index in [2.05, 4.69) is 11.8 Å². The average Bonchev–Trinajstić information content (AvgIpc) is 3.24. The Balaban J connectivity index is 1.86. The lowest BCUT2D eigenvalue weighted by Gasteiger charge is -2.38. The van der Waals surface area contributed by atoms with Crippen LogP contribution in [0.4, 0.5) is 0 Å². The van der Waals surface area contributed by atoms with Gasteiger partial charge < -0.3 is 14.9 Å². The van der Waals surface area contributed by atoms with Gasteiger partial charge in [-0.25, -0.2) is 0 Å². The van der Waals surface area contributed by atoms with Crippen LogP contribution in [0.2, 0.25) is 0 Å². The molecule has 1 aliphatic heterocycles. The number of hydrogen-bond donors (Lipinski definition) is 1. The van der Waals surface area contributed by atoms with Gasteiger partial charge in [-0.2, -0.15) is 0 Å². The summed E-state index contributed by atoms with van der Waals surface area (Å²) in [4.78, 5) is 27.4. The van der Waals surface area contributed by atoms with Gasteiger partial charge in [0.05, 0.1) is 6.42 Å². The molecule has 1 saturated carbocycles. The van der Waals surface area contributed by atoms with Gasteiger partial charge in [0.2, 0.25) is 5.91 Å². The maximum Gasteiger partial charge on any atom is 0.303 e. The van der Waals surface area contributed by atoms with Crippen molar-refractivity contribution in [2.75, 3.05) is 19.6 Å². The summed E-state index contributed by atoms with van der Waals surface area (Å²) in [7, 11) is 0. The van der Waals surface area contributed by atoms with Crippen molar-refractivity contribution in [3.63, 3.8) is 0 Å². The molecule has 1 amide bonds. The predicted molar refractivity (Wildman–Crippen MR) is 76.5 cm³/mol. The van der Waals surface area contributed by atoms with Crippen molar-refractivity contribution >= 4 is 11.9 Å². The quantitative estimate of drug-likeness (QED) is 0.772. The Morgan fingerprint density at radius 2 is 1.70 bits per heavy atom. The van der Waals surface area contributed by atoms with Crippen LogP contribution in [0.3, 0.4) is 0 Å². The predicted octanol–water partition coefficient (Wildman–Crippen LogP) is 1.72. The molecule has 20 heavy (non-hydrogen) atoms. The highest BCUT2D eigenvalue weighted by Crippen LogP contribution is 2.32. The summed E-state index contributed by atoms with van der Waals surface area (Å²) in [6.07, 6.45) is 5.54. The summed E-state index contributed by atoms with van der Waals surface area (Å²) in [5, 5.41) is 8.73. The summed E-state index contributed by atoms with van der Waals surface area (Å²) < 4.78 is 0. The third-order valence-electron chi connectivity index (χ3n) is 4.27. The number of hydrogen-bond acceptors (Lipinski definition) is 3. The minimum Gasteiger partial charge on any atom is -0.481 e. The molecule has 0 aromatic heterocycles. The highest BCUT2D eigenvalue weighted by Gasteiger charge is 2.38. The van der Waals surface area contributed by atoms with Crippen molar-refractivity contribution in [1.29, 1.82) is 0 Å². The first kappa shape index (κ1) is 15.3. The van der Waals surface area contributed by atoms with E-state index in [4.69, 9.17) is 5.11 Å². The Kier molecular flexibility index (Phi) is 5.40. The second kappa shape index (κ2) is 7.07. The number of nitrogens with zero attached hydrogens (tertiary/aromatic N) is 2. The number of carbonyl (C=O) groups is 2. The van der Waals surface area contributed by atoms with E-state index in [1.807, 2.05) is 4.90 Å². The summed E-state index contributed by atoms with van der Waals surface area (Å²) in [5.74, 6) is -0.837. The van der Waals surface area contributed by atoms with Crippen LogP contribution in [0.1, 0.15) is 51.9 Å². The summed E-state index contributed by atoms with van der Waals surface area (Å²) in [5.41, 5.74) is 0. The van der Waals surface area contributed by atoms with Crippen LogP contribution >= 0.6 is 0 Å². The molecule has 0 bridgehead atoms. The van der Waals surface area contributed by atoms with Crippen LogP contribution in [0.5, 0.6) is 0 Å². The Bertz CT molecular complexity index is 347. The zero-order valence-electron chi connectivity index (χ0n) is 12.4. The first-order valence-electron chi connectivity index (χ1n) is 7.87. The Labute approximate surface area is 120 Å². The largest absolute Gasteiger partial charge is 0.481 e. The molecule has 0 aromatic carbocycles. The number of likely N-dealkylation sites (tertiary alicyclic amines) is 1. The van der Waals surface area contributed by atoms with Gasteiger partial charge in [-0.15, -0.1) is 0 Å². The van der Waals surface area contributed by atoms with Crippen LogP contribution in [-0.4, -0.2) is 58.5 Å². The molecule has 1 saturated heterocycles. The average molecular weight is 282 g/mol. The molecule has 2 aliphatic rings. The van der Waals surface area contributed by atoms with Gasteiger partial charge in [0.1, 0.15) is 0 Å². The molecule has 0 atom stereocenters. The Hall–Kier alpha value is -1.10. The van der Waals surface area contributed by atoms with E-state index in [9.17, 15) is 9.59 Å². The topological polar surface area (TPSA) is 60.9 Å². The number of carboxylic acid groups (broad SMARTS) is 1. The fraction of sp³-hybridized carbons (Fsp3) is 0.867. The standard InChI is InChI=1S/C15H26N2O3/c1-2-9-16-10-7-13(8-11-16)17(12-3-4-12)14(18)5-6-15(19)20/h12-13H,2-11H2,1H3,(H,19,20). The van der Waals surface area contributed by atoms with Gasteiger partial charge in [0.25, 0.3) is 0 Å². The molecule has 0 unspecified atom stereocenters. The number of rotatable bonds is 7. The van der Waals surface area contributed by atoms with Crippen LogP contribution in [0, 0.1) is 0 Å². The first-order valence-corrected chi connectivity index (χ1v) is 7.87. The monoisotopic (exact) mass is 282 g/mol. The van der Waals surface area contributed by atoms with E-state index >= 15 is 0 Å². The van der Waals surface area contributed by atoms with Gasteiger partial charge in [-0.1, -0.05) is 6.92 Å². The van der Waals surface area contributed by atoms with Gasteiger partial charge in [-0.05, 0) is 38.6 Å². The van der Waals surface area contributed by atoms with E-state index < -0.39 is 5.97 Å². The lowest BCUT2D eigenvalue weighted by molar-refractivity contribution is -0.142. The molecule has 2 fully saturated rings. The molecular formula is C15H26N2O3. The number of piperidine rings is 1. The lowest BCUT2D eigenvalue weighted by atomic mass is 10.0. The van der Waals surface area contributed by atoms with Crippen molar-refractivity contribution in [1.82, 2.24) is 9.80 Å². The minimum atomic E-state index is -0.883. The molecule has 5 heteroatoms. The molecule has 1 N–H and O–H groups in total. The molecular weight excluding hydrogens is 256 g/mol. The van der Waals surface area contributed by atoms with Crippen molar-refractivity contribution in [2.45, 2.75) is 64.0 Å². The minimum absolute atomic E-state index is 0.0449. The fourth-order valence-corrected chi connectivity index (χ4v) is 3.14. The number of carbonyl (C=O) groups excluding carboxylic acids is 1. The van der Waals surface area contributed by atoms with E-state index in [1.165, 1.54) is 6.42 Å². The molecule has 5 nitrogen and oxygen atoms in total. The maximum atomic E-state index is 12.3. The fourth-order valence-electron chi connectivity index (χ4n) is 3.14. The zero-order valence-corrected chi connectivity index (χ0v) is 12.4. The number of carboxylic acids is 1. The van der Waals surface area contributed by atoms with Crippen LogP contribution in [0.25, 0.3) is 0 Å². The van der Waals surface area contributed by atoms with Crippen molar-refractivity contribution in [3.8, 4) is 0 Å². The maximum absolute atomic E-state index is 12.3. The van der Waals surface area contributed by atoms with E-state index in [0.717, 1.165) is 45.3 Å². The van der Waals surface area contributed by atoms with Gasteiger partial charge in [0.15, 0.2) is 0 Å². The van der Waals surface area contributed by atoms with Crippen LogP contribution in [-0.2, 0) is 9.59 Å². The third kappa shape index (κ3) is 4.20. The van der Waals surface area contributed by atoms with E-state index in [0.29, 0.717) is 12.1 Å². The highest BCUT2D eigenvalue weighted by molar-refractivity contribution is 5.81. The van der Waals surface area contributed by atoms with Crippen molar-refractivity contribution in [3.05, 3.63) is 0 Å². The van der Waals surface area contributed by atoms with Gasteiger partial charge in [0, 0.05) is 31.6 Å². The second-order valence-electron chi connectivity index (χ2n) is 6.00. The summed E-state index contributed by atoms with van der Waals surface area (Å²) in [6, 6.07) is 0.718. The van der Waals surface area contributed by atoms with E-state index in [1.54, 1.807) is 0 Å². The van der Waals surface area contributed by atoms with Gasteiger partial charge >= 0.3 is 5.97 Å². The molecule has 114 valence electrons. The van der Waals surface area contributed by atoms with Crippen LogP contribution in [0.15, 0.2) is 0 Å². The summed E-state index contributed by atoms with van der Waals surface area (Å²) >= 11 is 0. The normalized spacial score (nSPS) is 20.9. The van der Waals surface area contributed by atoms with Gasteiger partial charge in [-0.3, -0.25) is 9.59 Å². The SMILES string of the molecule is CCCN1CCC(N(C(=O)CCC(=O)O)C2CC2)CC1.